The fourth-order valence-corrected chi connectivity index (χ4v) is 4.95. The zero-order chi connectivity index (χ0) is 30.6. The number of aliphatic hydroxyl groups is 2. The summed E-state index contributed by atoms with van der Waals surface area (Å²) in [5.41, 5.74) is 4.55. The standard InChI is InChI=1S/C27H26N2O5.C4H9NO.C2H6/c30-16-22-13-21(31)14-26(34-22)18-8-6-17(7-9-18)19-10-11-23(24(12-19)28-33)25-15-27(32)29(25)20-4-2-1-3-5-20;1-3-4(2)5-6;1-2/h1-12,21-22,25-26,30-31H,13-16H2;4H,3H2,1-2H3;1-2H3. The van der Waals surface area contributed by atoms with E-state index in [1.807, 2.05) is 87.5 Å². The lowest BCUT2D eigenvalue weighted by Crippen LogP contribution is -2.46. The molecule has 0 spiro atoms. The third kappa shape index (κ3) is 7.94. The molecule has 0 saturated carbocycles. The smallest absolute Gasteiger partial charge is 0.230 e. The average Bonchev–Trinajstić information content (AvgIpc) is 3.04. The Morgan fingerprint density at radius 2 is 1.64 bits per heavy atom. The van der Waals surface area contributed by atoms with Gasteiger partial charge in [0.2, 0.25) is 5.91 Å². The Morgan fingerprint density at radius 3 is 2.19 bits per heavy atom. The molecule has 3 aromatic rings. The summed E-state index contributed by atoms with van der Waals surface area (Å²) >= 11 is 0. The van der Waals surface area contributed by atoms with Crippen molar-refractivity contribution in [2.24, 2.45) is 10.4 Å². The van der Waals surface area contributed by atoms with Gasteiger partial charge in [0, 0.05) is 24.1 Å². The number of benzene rings is 3. The van der Waals surface area contributed by atoms with Crippen molar-refractivity contribution in [2.75, 3.05) is 11.5 Å². The van der Waals surface area contributed by atoms with Gasteiger partial charge in [-0.2, -0.15) is 4.91 Å². The first-order chi connectivity index (χ1) is 20.4. The molecule has 5 unspecified atom stereocenters. The fraction of sp³-hybridized carbons (Fsp3) is 0.424. The number of rotatable bonds is 8. The number of nitroso groups, excluding NO2 is 2. The minimum absolute atomic E-state index is 0.00463. The topological polar surface area (TPSA) is 129 Å². The van der Waals surface area contributed by atoms with Crippen LogP contribution in [0.5, 0.6) is 0 Å². The van der Waals surface area contributed by atoms with E-state index >= 15 is 0 Å². The highest BCUT2D eigenvalue weighted by Crippen LogP contribution is 2.43. The fourth-order valence-electron chi connectivity index (χ4n) is 4.95. The molecule has 3 aromatic carbocycles. The second-order valence-corrected chi connectivity index (χ2v) is 10.2. The summed E-state index contributed by atoms with van der Waals surface area (Å²) in [5.74, 6) is 0.0196. The molecule has 0 aromatic heterocycles. The van der Waals surface area contributed by atoms with Crippen molar-refractivity contribution in [3.63, 3.8) is 0 Å². The van der Waals surface area contributed by atoms with Gasteiger partial charge in [0.1, 0.15) is 5.69 Å². The molecular weight excluding hydrogens is 534 g/mol. The van der Waals surface area contributed by atoms with Crippen molar-refractivity contribution >= 4 is 17.3 Å². The van der Waals surface area contributed by atoms with Crippen molar-refractivity contribution < 1.29 is 19.7 Å². The molecule has 2 aliphatic heterocycles. The van der Waals surface area contributed by atoms with Crippen molar-refractivity contribution in [2.45, 2.75) is 83.8 Å². The number of para-hydroxylation sites is 1. The van der Waals surface area contributed by atoms with Crippen LogP contribution < -0.4 is 4.90 Å². The van der Waals surface area contributed by atoms with Gasteiger partial charge in [-0.05, 0) is 53.4 Å². The Morgan fingerprint density at radius 1 is 0.976 bits per heavy atom. The molecule has 2 aliphatic rings. The molecule has 9 nitrogen and oxygen atoms in total. The number of carbonyl (C=O) groups is 1. The molecule has 0 radical (unpaired) electrons. The number of carbonyl (C=O) groups excluding carboxylic acids is 1. The molecule has 9 heteroatoms. The maximum atomic E-state index is 12.3. The molecule has 1 amide bonds. The van der Waals surface area contributed by atoms with Crippen LogP contribution in [0.2, 0.25) is 0 Å². The number of amides is 1. The number of aliphatic hydroxyl groups excluding tert-OH is 2. The third-order valence-electron chi connectivity index (χ3n) is 7.44. The van der Waals surface area contributed by atoms with E-state index in [0.29, 0.717) is 24.9 Å². The van der Waals surface area contributed by atoms with Gasteiger partial charge >= 0.3 is 0 Å². The monoisotopic (exact) mass is 575 g/mol. The van der Waals surface area contributed by atoms with E-state index in [0.717, 1.165) is 34.4 Å². The van der Waals surface area contributed by atoms with Gasteiger partial charge in [0.05, 0.1) is 43.4 Å². The van der Waals surface area contributed by atoms with Gasteiger partial charge in [-0.15, -0.1) is 4.91 Å². The van der Waals surface area contributed by atoms with E-state index in [1.165, 1.54) is 0 Å². The van der Waals surface area contributed by atoms with Crippen LogP contribution in [0, 0.1) is 9.81 Å². The van der Waals surface area contributed by atoms with Crippen LogP contribution in [0.25, 0.3) is 11.1 Å². The Balaban J connectivity index is 0.000000541. The normalized spacial score (nSPS) is 22.0. The van der Waals surface area contributed by atoms with E-state index in [4.69, 9.17) is 4.74 Å². The first-order valence-corrected chi connectivity index (χ1v) is 14.6. The summed E-state index contributed by atoms with van der Waals surface area (Å²) in [5, 5.41) is 25.5. The van der Waals surface area contributed by atoms with Gasteiger partial charge in [-0.3, -0.25) is 4.79 Å². The van der Waals surface area contributed by atoms with Crippen molar-refractivity contribution in [3.05, 3.63) is 93.7 Å². The lowest BCUT2D eigenvalue weighted by molar-refractivity contribution is -0.124. The predicted octanol–water partition coefficient (Wildman–Crippen LogP) is 7.38. The number of β-lactam (4-membered cyclic amide) rings is 1. The van der Waals surface area contributed by atoms with E-state index in [-0.39, 0.29) is 36.8 Å². The number of hydrogen-bond acceptors (Lipinski definition) is 8. The highest BCUT2D eigenvalue weighted by molar-refractivity contribution is 6.01. The van der Waals surface area contributed by atoms with Crippen LogP contribution in [0.1, 0.15) is 76.7 Å². The van der Waals surface area contributed by atoms with E-state index in [1.54, 1.807) is 17.9 Å². The first kappa shape index (κ1) is 32.7. The molecule has 2 heterocycles. The zero-order valence-corrected chi connectivity index (χ0v) is 24.7. The third-order valence-corrected chi connectivity index (χ3v) is 7.44. The number of hydrogen-bond donors (Lipinski definition) is 2. The molecule has 2 fully saturated rings. The maximum absolute atomic E-state index is 12.3. The average molecular weight is 576 g/mol. The highest BCUT2D eigenvalue weighted by atomic mass is 16.5. The highest BCUT2D eigenvalue weighted by Gasteiger charge is 2.39. The second kappa shape index (κ2) is 16.0. The summed E-state index contributed by atoms with van der Waals surface area (Å²) in [6.07, 6.45) is 0.977. The van der Waals surface area contributed by atoms with Crippen LogP contribution in [0.4, 0.5) is 11.4 Å². The summed E-state index contributed by atoms with van der Waals surface area (Å²) < 4.78 is 5.89. The molecule has 2 saturated heterocycles. The number of anilines is 1. The molecule has 0 bridgehead atoms. The molecular formula is C33H41N3O6. The largest absolute Gasteiger partial charge is 0.394 e. The van der Waals surface area contributed by atoms with Crippen molar-refractivity contribution in [1.82, 2.24) is 0 Å². The summed E-state index contributed by atoms with van der Waals surface area (Å²) in [4.78, 5) is 35.2. The summed E-state index contributed by atoms with van der Waals surface area (Å²) in [6.45, 7) is 7.62. The van der Waals surface area contributed by atoms with Crippen molar-refractivity contribution in [1.29, 1.82) is 0 Å². The lowest BCUT2D eigenvalue weighted by Gasteiger charge is -2.41. The summed E-state index contributed by atoms with van der Waals surface area (Å²) in [6, 6.07) is 22.6. The van der Waals surface area contributed by atoms with Crippen LogP contribution in [0.3, 0.4) is 0 Å². The summed E-state index contributed by atoms with van der Waals surface area (Å²) in [7, 11) is 0. The molecule has 42 heavy (non-hydrogen) atoms. The van der Waals surface area contributed by atoms with Gasteiger partial charge in [-0.25, -0.2) is 0 Å². The number of nitrogens with zero attached hydrogens (tertiary/aromatic N) is 3. The maximum Gasteiger partial charge on any atom is 0.230 e. The van der Waals surface area contributed by atoms with E-state index < -0.39 is 6.10 Å². The predicted molar refractivity (Wildman–Crippen MR) is 165 cm³/mol. The Hall–Kier alpha value is -3.79. The second-order valence-electron chi connectivity index (χ2n) is 10.2. The van der Waals surface area contributed by atoms with Crippen LogP contribution in [-0.2, 0) is 9.53 Å². The number of ether oxygens (including phenoxy) is 1. The zero-order valence-electron chi connectivity index (χ0n) is 24.7. The molecule has 0 aliphatic carbocycles. The quantitative estimate of drug-likeness (QED) is 0.213. The van der Waals surface area contributed by atoms with Gasteiger partial charge in [-0.1, -0.05) is 80.5 Å². The van der Waals surface area contributed by atoms with E-state index in [9.17, 15) is 24.8 Å². The van der Waals surface area contributed by atoms with Gasteiger partial charge in [0.15, 0.2) is 0 Å². The molecule has 2 N–H and O–H groups in total. The Bertz CT molecular complexity index is 1300. The minimum atomic E-state index is -0.502. The van der Waals surface area contributed by atoms with Gasteiger partial charge < -0.3 is 19.8 Å². The van der Waals surface area contributed by atoms with Crippen LogP contribution >= 0.6 is 0 Å². The Kier molecular flexibility index (Phi) is 12.5. The van der Waals surface area contributed by atoms with Gasteiger partial charge in [0.25, 0.3) is 0 Å². The SMILES string of the molecule is CC.CCC(C)N=O.O=Nc1cc(-c2ccc(C3CC(O)CC(CO)O3)cc2)ccc1C1CC(=O)N1c1ccccc1. The van der Waals surface area contributed by atoms with Crippen molar-refractivity contribution in [3.8, 4) is 11.1 Å². The van der Waals surface area contributed by atoms with Crippen LogP contribution in [0.15, 0.2) is 83.2 Å². The first-order valence-electron chi connectivity index (χ1n) is 14.6. The van der Waals surface area contributed by atoms with E-state index in [2.05, 4.69) is 10.4 Å². The minimum Gasteiger partial charge on any atom is -0.394 e. The van der Waals surface area contributed by atoms with Crippen LogP contribution in [-0.4, -0.2) is 41.0 Å². The Labute approximate surface area is 247 Å². The molecule has 5 rings (SSSR count). The molecule has 224 valence electrons. The lowest BCUT2D eigenvalue weighted by atomic mass is 9.90. The molecule has 5 atom stereocenters.